The van der Waals surface area contributed by atoms with Crippen LogP contribution in [0.25, 0.3) is 0 Å². The molecule has 0 radical (unpaired) electrons. The fourth-order valence-corrected chi connectivity index (χ4v) is 1.45. The van der Waals surface area contributed by atoms with Crippen LogP contribution in [0.3, 0.4) is 0 Å². The molecule has 6 heteroatoms. The van der Waals surface area contributed by atoms with Crippen LogP contribution in [0, 0.1) is 0 Å². The fraction of sp³-hybridized carbons (Fsp3) is 0.462. The van der Waals surface area contributed by atoms with Crippen LogP contribution in [-0.4, -0.2) is 28.5 Å². The average molecular weight is 268 g/mol. The van der Waals surface area contributed by atoms with Gasteiger partial charge in [0, 0.05) is 17.8 Å². The highest BCUT2D eigenvalue weighted by molar-refractivity contribution is 5.85. The van der Waals surface area contributed by atoms with E-state index in [9.17, 15) is 15.0 Å². The van der Waals surface area contributed by atoms with Gasteiger partial charge in [0.15, 0.2) is 0 Å². The summed E-state index contributed by atoms with van der Waals surface area (Å²) in [5, 5.41) is 21.7. The maximum Gasteiger partial charge on any atom is 0.412 e. The third kappa shape index (κ3) is 4.76. The Morgan fingerprint density at radius 1 is 1.47 bits per heavy atom. The predicted octanol–water partition coefficient (Wildman–Crippen LogP) is 1.73. The van der Waals surface area contributed by atoms with Crippen LogP contribution in [0.1, 0.15) is 32.4 Å². The summed E-state index contributed by atoms with van der Waals surface area (Å²) in [6.45, 7) is 5.25. The number of phenolic OH excluding ortho intramolecular Hbond substituents is 1. The molecule has 0 aliphatic rings. The Morgan fingerprint density at radius 3 is 2.63 bits per heavy atom. The zero-order valence-corrected chi connectivity index (χ0v) is 11.3. The van der Waals surface area contributed by atoms with Crippen molar-refractivity contribution in [2.45, 2.75) is 32.5 Å². The van der Waals surface area contributed by atoms with Crippen molar-refractivity contribution in [3.8, 4) is 5.75 Å². The Hall–Kier alpha value is -1.79. The van der Waals surface area contributed by atoms with Crippen molar-refractivity contribution in [2.24, 2.45) is 5.73 Å². The highest BCUT2D eigenvalue weighted by Gasteiger charge is 2.17. The molecule has 19 heavy (non-hydrogen) atoms. The van der Waals surface area contributed by atoms with Crippen LogP contribution in [0.2, 0.25) is 0 Å². The standard InChI is InChI=1S/C13H20N2O4/c1-13(2,3)19-12(18)15-8-4-5-10(16)9(6-8)11(17)7-14/h4-6,11,16-17H,7,14H2,1-3H3,(H,15,18)/t11-/m1/s1. The van der Waals surface area contributed by atoms with Crippen LogP contribution in [0.5, 0.6) is 5.75 Å². The van der Waals surface area contributed by atoms with Crippen molar-refractivity contribution in [1.82, 2.24) is 0 Å². The lowest BCUT2D eigenvalue weighted by Gasteiger charge is -2.20. The van der Waals surface area contributed by atoms with Crippen molar-refractivity contribution in [3.63, 3.8) is 0 Å². The molecule has 0 unspecified atom stereocenters. The second kappa shape index (κ2) is 5.90. The van der Waals surface area contributed by atoms with E-state index >= 15 is 0 Å². The van der Waals surface area contributed by atoms with Crippen LogP contribution in [-0.2, 0) is 4.74 Å². The molecule has 0 aromatic heterocycles. The smallest absolute Gasteiger partial charge is 0.412 e. The molecule has 6 nitrogen and oxygen atoms in total. The molecule has 0 aliphatic carbocycles. The molecule has 0 saturated carbocycles. The zero-order chi connectivity index (χ0) is 14.6. The van der Waals surface area contributed by atoms with Gasteiger partial charge < -0.3 is 20.7 Å². The monoisotopic (exact) mass is 268 g/mol. The lowest BCUT2D eigenvalue weighted by atomic mass is 10.1. The lowest BCUT2D eigenvalue weighted by molar-refractivity contribution is 0.0636. The highest BCUT2D eigenvalue weighted by Crippen LogP contribution is 2.27. The second-order valence-electron chi connectivity index (χ2n) is 5.15. The first-order valence-electron chi connectivity index (χ1n) is 5.94. The quantitative estimate of drug-likeness (QED) is 0.625. The van der Waals surface area contributed by atoms with Crippen molar-refractivity contribution in [2.75, 3.05) is 11.9 Å². The summed E-state index contributed by atoms with van der Waals surface area (Å²) in [5.74, 6) is -0.0762. The molecule has 106 valence electrons. The first-order valence-corrected chi connectivity index (χ1v) is 5.94. The molecule has 0 saturated heterocycles. The van der Waals surface area contributed by atoms with Crippen molar-refractivity contribution >= 4 is 11.8 Å². The molecule has 1 rings (SSSR count). The number of ether oxygens (including phenoxy) is 1. The molecular weight excluding hydrogens is 248 g/mol. The van der Waals surface area contributed by atoms with Gasteiger partial charge >= 0.3 is 6.09 Å². The summed E-state index contributed by atoms with van der Waals surface area (Å²) in [5.41, 5.74) is 5.41. The molecule has 5 N–H and O–H groups in total. The van der Waals surface area contributed by atoms with Gasteiger partial charge in [-0.2, -0.15) is 0 Å². The minimum atomic E-state index is -0.986. The Morgan fingerprint density at radius 2 is 2.11 bits per heavy atom. The van der Waals surface area contributed by atoms with Gasteiger partial charge in [-0.25, -0.2) is 4.79 Å². The van der Waals surface area contributed by atoms with Crippen molar-refractivity contribution < 1.29 is 19.7 Å². The number of rotatable bonds is 3. The third-order valence-electron chi connectivity index (χ3n) is 2.26. The second-order valence-corrected chi connectivity index (χ2v) is 5.15. The number of benzene rings is 1. The molecule has 0 fully saturated rings. The number of aliphatic hydroxyl groups is 1. The summed E-state index contributed by atoms with van der Waals surface area (Å²) in [6.07, 6.45) is -1.59. The Balaban J connectivity index is 2.83. The Kier molecular flexibility index (Phi) is 4.74. The topological polar surface area (TPSA) is 105 Å². The summed E-state index contributed by atoms with van der Waals surface area (Å²) >= 11 is 0. The first kappa shape index (κ1) is 15.3. The summed E-state index contributed by atoms with van der Waals surface area (Å²) in [6, 6.07) is 4.34. The van der Waals surface area contributed by atoms with Gasteiger partial charge in [-0.15, -0.1) is 0 Å². The van der Waals surface area contributed by atoms with Gasteiger partial charge in [0.05, 0.1) is 6.10 Å². The maximum atomic E-state index is 11.6. The minimum Gasteiger partial charge on any atom is -0.508 e. The van der Waals surface area contributed by atoms with Crippen molar-refractivity contribution in [1.29, 1.82) is 0 Å². The van der Waals surface area contributed by atoms with Gasteiger partial charge in [0.2, 0.25) is 0 Å². The number of anilines is 1. The molecular formula is C13H20N2O4. The molecule has 0 heterocycles. The lowest BCUT2D eigenvalue weighted by Crippen LogP contribution is -2.27. The number of aliphatic hydroxyl groups excluding tert-OH is 1. The van der Waals surface area contributed by atoms with Crippen LogP contribution < -0.4 is 11.1 Å². The number of nitrogens with one attached hydrogen (secondary N) is 1. The van der Waals surface area contributed by atoms with E-state index in [0.29, 0.717) is 5.69 Å². The molecule has 0 aliphatic heterocycles. The van der Waals surface area contributed by atoms with E-state index < -0.39 is 17.8 Å². The number of carbonyl (C=O) groups is 1. The molecule has 0 spiro atoms. The molecule has 1 aromatic rings. The zero-order valence-electron chi connectivity index (χ0n) is 11.3. The van der Waals surface area contributed by atoms with Gasteiger partial charge in [0.25, 0.3) is 0 Å². The number of hydrogen-bond acceptors (Lipinski definition) is 5. The van der Waals surface area contributed by atoms with Gasteiger partial charge in [0.1, 0.15) is 11.4 Å². The molecule has 1 atom stereocenters. The largest absolute Gasteiger partial charge is 0.508 e. The van der Waals surface area contributed by atoms with Gasteiger partial charge in [-0.05, 0) is 39.0 Å². The SMILES string of the molecule is CC(C)(C)OC(=O)Nc1ccc(O)c([C@H](O)CN)c1. The number of amides is 1. The summed E-state index contributed by atoms with van der Waals surface area (Å²) in [7, 11) is 0. The average Bonchev–Trinajstić information content (AvgIpc) is 2.28. The van der Waals surface area contributed by atoms with Crippen LogP contribution in [0.15, 0.2) is 18.2 Å². The Bertz CT molecular complexity index is 454. The van der Waals surface area contributed by atoms with E-state index in [4.69, 9.17) is 10.5 Å². The van der Waals surface area contributed by atoms with E-state index in [1.165, 1.54) is 18.2 Å². The number of phenols is 1. The van der Waals surface area contributed by atoms with E-state index in [0.717, 1.165) is 0 Å². The maximum absolute atomic E-state index is 11.6. The summed E-state index contributed by atoms with van der Waals surface area (Å²) in [4.78, 5) is 11.6. The summed E-state index contributed by atoms with van der Waals surface area (Å²) < 4.78 is 5.10. The number of carbonyl (C=O) groups excluding carboxylic acids is 1. The first-order chi connectivity index (χ1) is 8.73. The molecule has 1 amide bonds. The van der Waals surface area contributed by atoms with Gasteiger partial charge in [-0.1, -0.05) is 0 Å². The van der Waals surface area contributed by atoms with E-state index in [1.54, 1.807) is 20.8 Å². The minimum absolute atomic E-state index is 0.0244. The van der Waals surface area contributed by atoms with E-state index in [1.807, 2.05) is 0 Å². The Labute approximate surface area is 112 Å². The highest BCUT2D eigenvalue weighted by atomic mass is 16.6. The number of aromatic hydroxyl groups is 1. The normalized spacial score (nSPS) is 12.9. The van der Waals surface area contributed by atoms with Crippen molar-refractivity contribution in [3.05, 3.63) is 23.8 Å². The fourth-order valence-electron chi connectivity index (χ4n) is 1.45. The van der Waals surface area contributed by atoms with E-state index in [-0.39, 0.29) is 17.9 Å². The number of hydrogen-bond donors (Lipinski definition) is 4. The third-order valence-corrected chi connectivity index (χ3v) is 2.26. The van der Waals surface area contributed by atoms with Gasteiger partial charge in [-0.3, -0.25) is 5.32 Å². The predicted molar refractivity (Wildman–Crippen MR) is 72.0 cm³/mol. The van der Waals surface area contributed by atoms with E-state index in [2.05, 4.69) is 5.32 Å². The number of nitrogens with two attached hydrogens (primary N) is 1. The van der Waals surface area contributed by atoms with Crippen LogP contribution >= 0.6 is 0 Å². The van der Waals surface area contributed by atoms with Crippen LogP contribution in [0.4, 0.5) is 10.5 Å². The molecule has 0 bridgehead atoms. The molecule has 1 aromatic carbocycles.